The van der Waals surface area contributed by atoms with Gasteiger partial charge in [-0.25, -0.2) is 13.1 Å². The van der Waals surface area contributed by atoms with Gasteiger partial charge in [-0.05, 0) is 37.3 Å². The quantitative estimate of drug-likeness (QED) is 0.806. The first kappa shape index (κ1) is 12.9. The van der Waals surface area contributed by atoms with Crippen LogP contribution in [0.2, 0.25) is 0 Å². The molecule has 19 heavy (non-hydrogen) atoms. The maximum Gasteiger partial charge on any atom is 0.242 e. The van der Waals surface area contributed by atoms with Gasteiger partial charge in [-0.15, -0.1) is 0 Å². The SMILES string of the molecule is O=S(=O)(NC1CC1)c1ccccc1NCCC1CC1. The molecule has 2 N–H and O–H groups in total. The average molecular weight is 280 g/mol. The fraction of sp³-hybridized carbons (Fsp3) is 0.571. The Bertz CT molecular complexity index is 548. The van der Waals surface area contributed by atoms with Gasteiger partial charge in [0.1, 0.15) is 4.90 Å². The Kier molecular flexibility index (Phi) is 3.50. The molecule has 0 atom stereocenters. The molecule has 1 aromatic carbocycles. The lowest BCUT2D eigenvalue weighted by Gasteiger charge is -2.12. The minimum atomic E-state index is -3.38. The van der Waals surface area contributed by atoms with Gasteiger partial charge in [0.05, 0.1) is 5.69 Å². The van der Waals surface area contributed by atoms with E-state index in [1.54, 1.807) is 12.1 Å². The van der Waals surface area contributed by atoms with Crippen molar-refractivity contribution in [3.63, 3.8) is 0 Å². The topological polar surface area (TPSA) is 58.2 Å². The summed E-state index contributed by atoms with van der Waals surface area (Å²) in [5.74, 6) is 0.848. The Labute approximate surface area is 114 Å². The third kappa shape index (κ3) is 3.48. The zero-order valence-corrected chi connectivity index (χ0v) is 11.7. The van der Waals surface area contributed by atoms with Crippen molar-refractivity contribution in [1.82, 2.24) is 4.72 Å². The van der Waals surface area contributed by atoms with Crippen molar-refractivity contribution < 1.29 is 8.42 Å². The second-order valence-electron chi connectivity index (χ2n) is 5.55. The van der Waals surface area contributed by atoms with Crippen LogP contribution < -0.4 is 10.0 Å². The summed E-state index contributed by atoms with van der Waals surface area (Å²) >= 11 is 0. The Morgan fingerprint density at radius 3 is 2.53 bits per heavy atom. The Morgan fingerprint density at radius 1 is 1.11 bits per heavy atom. The molecule has 0 saturated heterocycles. The molecule has 0 heterocycles. The Hall–Kier alpha value is -1.07. The predicted octanol–water partition coefficient (Wildman–Crippen LogP) is 2.34. The lowest BCUT2D eigenvalue weighted by molar-refractivity contribution is 0.581. The molecule has 0 bridgehead atoms. The average Bonchev–Trinajstić information content (AvgIpc) is 3.25. The fourth-order valence-corrected chi connectivity index (χ4v) is 3.64. The molecule has 2 fully saturated rings. The van der Waals surface area contributed by atoms with E-state index in [0.29, 0.717) is 4.90 Å². The number of benzene rings is 1. The molecule has 2 aliphatic carbocycles. The van der Waals surface area contributed by atoms with Crippen molar-refractivity contribution in [2.24, 2.45) is 5.92 Å². The van der Waals surface area contributed by atoms with Crippen LogP contribution in [0.3, 0.4) is 0 Å². The van der Waals surface area contributed by atoms with Gasteiger partial charge in [0.2, 0.25) is 10.0 Å². The molecule has 0 aliphatic heterocycles. The van der Waals surface area contributed by atoms with Gasteiger partial charge in [0, 0.05) is 12.6 Å². The van der Waals surface area contributed by atoms with Crippen molar-refractivity contribution >= 4 is 15.7 Å². The van der Waals surface area contributed by atoms with Crippen LogP contribution >= 0.6 is 0 Å². The molecule has 0 amide bonds. The Balaban J connectivity index is 1.71. The number of anilines is 1. The monoisotopic (exact) mass is 280 g/mol. The maximum atomic E-state index is 12.3. The first-order chi connectivity index (χ1) is 9.15. The van der Waals surface area contributed by atoms with E-state index in [9.17, 15) is 8.42 Å². The molecule has 5 heteroatoms. The molecular formula is C14H20N2O2S. The van der Waals surface area contributed by atoms with Gasteiger partial charge >= 0.3 is 0 Å². The largest absolute Gasteiger partial charge is 0.384 e. The highest BCUT2D eigenvalue weighted by molar-refractivity contribution is 7.89. The summed E-state index contributed by atoms with van der Waals surface area (Å²) in [5.41, 5.74) is 0.719. The smallest absolute Gasteiger partial charge is 0.242 e. The molecule has 2 saturated carbocycles. The first-order valence-electron chi connectivity index (χ1n) is 7.00. The fourth-order valence-electron chi connectivity index (χ4n) is 2.15. The molecule has 1 aromatic rings. The predicted molar refractivity (Wildman–Crippen MR) is 75.6 cm³/mol. The molecule has 4 nitrogen and oxygen atoms in total. The number of hydrogen-bond donors (Lipinski definition) is 2. The molecule has 104 valence electrons. The van der Waals surface area contributed by atoms with Crippen molar-refractivity contribution in [1.29, 1.82) is 0 Å². The van der Waals surface area contributed by atoms with Crippen LogP contribution in [0.15, 0.2) is 29.2 Å². The summed E-state index contributed by atoms with van der Waals surface area (Å²) in [6, 6.07) is 7.30. The van der Waals surface area contributed by atoms with Gasteiger partial charge in [0.15, 0.2) is 0 Å². The van der Waals surface area contributed by atoms with Gasteiger partial charge in [-0.1, -0.05) is 25.0 Å². The summed E-state index contributed by atoms with van der Waals surface area (Å²) in [5, 5.41) is 3.27. The lowest BCUT2D eigenvalue weighted by atomic mass is 10.2. The van der Waals surface area contributed by atoms with E-state index in [-0.39, 0.29) is 6.04 Å². The van der Waals surface area contributed by atoms with E-state index in [0.717, 1.165) is 37.4 Å². The highest BCUT2D eigenvalue weighted by atomic mass is 32.2. The molecular weight excluding hydrogens is 260 g/mol. The van der Waals surface area contributed by atoms with Crippen molar-refractivity contribution in [2.45, 2.75) is 43.0 Å². The number of rotatable bonds is 7. The van der Waals surface area contributed by atoms with E-state index in [1.165, 1.54) is 12.8 Å². The molecule has 2 aliphatic rings. The second kappa shape index (κ2) is 5.13. The lowest BCUT2D eigenvalue weighted by Crippen LogP contribution is -2.26. The van der Waals surface area contributed by atoms with Gasteiger partial charge in [-0.3, -0.25) is 0 Å². The summed E-state index contributed by atoms with van der Waals surface area (Å²) in [6.45, 7) is 0.848. The summed E-state index contributed by atoms with van der Waals surface area (Å²) in [4.78, 5) is 0.373. The van der Waals surface area contributed by atoms with E-state index in [2.05, 4.69) is 10.0 Å². The molecule has 0 radical (unpaired) electrons. The van der Waals surface area contributed by atoms with E-state index in [1.807, 2.05) is 12.1 Å². The van der Waals surface area contributed by atoms with Crippen LogP contribution in [0.4, 0.5) is 5.69 Å². The van der Waals surface area contributed by atoms with E-state index in [4.69, 9.17) is 0 Å². The van der Waals surface area contributed by atoms with Crippen LogP contribution in [-0.4, -0.2) is 21.0 Å². The van der Waals surface area contributed by atoms with Crippen molar-refractivity contribution in [3.05, 3.63) is 24.3 Å². The molecule has 0 spiro atoms. The van der Waals surface area contributed by atoms with Crippen LogP contribution in [0.5, 0.6) is 0 Å². The normalized spacial score (nSPS) is 19.4. The van der Waals surface area contributed by atoms with E-state index < -0.39 is 10.0 Å². The highest BCUT2D eigenvalue weighted by Crippen LogP contribution is 2.32. The Morgan fingerprint density at radius 2 is 1.84 bits per heavy atom. The zero-order chi connectivity index (χ0) is 13.3. The maximum absolute atomic E-state index is 12.3. The van der Waals surface area contributed by atoms with Crippen LogP contribution in [-0.2, 0) is 10.0 Å². The van der Waals surface area contributed by atoms with Crippen LogP contribution in [0, 0.1) is 5.92 Å². The zero-order valence-electron chi connectivity index (χ0n) is 10.9. The van der Waals surface area contributed by atoms with Gasteiger partial charge < -0.3 is 5.32 Å². The first-order valence-corrected chi connectivity index (χ1v) is 8.49. The number of para-hydroxylation sites is 1. The summed E-state index contributed by atoms with van der Waals surface area (Å²) in [6.07, 6.45) is 5.69. The number of nitrogens with one attached hydrogen (secondary N) is 2. The van der Waals surface area contributed by atoms with Crippen molar-refractivity contribution in [3.8, 4) is 0 Å². The summed E-state index contributed by atoms with van der Waals surface area (Å²) in [7, 11) is -3.38. The third-order valence-corrected chi connectivity index (χ3v) is 5.22. The molecule has 0 aromatic heterocycles. The third-order valence-electron chi connectivity index (χ3n) is 3.64. The van der Waals surface area contributed by atoms with Gasteiger partial charge in [-0.2, -0.15) is 0 Å². The van der Waals surface area contributed by atoms with Gasteiger partial charge in [0.25, 0.3) is 0 Å². The highest BCUT2D eigenvalue weighted by Gasteiger charge is 2.29. The van der Waals surface area contributed by atoms with Crippen LogP contribution in [0.1, 0.15) is 32.1 Å². The summed E-state index contributed by atoms with van der Waals surface area (Å²) < 4.78 is 27.3. The van der Waals surface area contributed by atoms with Crippen molar-refractivity contribution in [2.75, 3.05) is 11.9 Å². The van der Waals surface area contributed by atoms with E-state index >= 15 is 0 Å². The molecule has 3 rings (SSSR count). The number of sulfonamides is 1. The molecule has 0 unspecified atom stereocenters. The minimum Gasteiger partial charge on any atom is -0.384 e. The standard InChI is InChI=1S/C14H20N2O2S/c17-19(18,16-12-7-8-12)14-4-2-1-3-13(14)15-10-9-11-5-6-11/h1-4,11-12,15-16H,5-10H2. The number of hydrogen-bond acceptors (Lipinski definition) is 3. The second-order valence-corrected chi connectivity index (χ2v) is 7.23. The minimum absolute atomic E-state index is 0.143. The van der Waals surface area contributed by atoms with Crippen LogP contribution in [0.25, 0.3) is 0 Å².